The number of rotatable bonds is 7. The summed E-state index contributed by atoms with van der Waals surface area (Å²) in [4.78, 5) is 19.0. The zero-order chi connectivity index (χ0) is 23.4. The van der Waals surface area contributed by atoms with E-state index in [1.54, 1.807) is 14.0 Å². The molecule has 1 atom stereocenters. The lowest BCUT2D eigenvalue weighted by molar-refractivity contribution is -0.131. The molecule has 0 spiro atoms. The average Bonchev–Trinajstić information content (AvgIpc) is 3.29. The first-order chi connectivity index (χ1) is 15.9. The smallest absolute Gasteiger partial charge is 0.223 e. The predicted molar refractivity (Wildman–Crippen MR) is 123 cm³/mol. The first-order valence-electron chi connectivity index (χ1n) is 10.7. The van der Waals surface area contributed by atoms with Crippen molar-refractivity contribution in [1.29, 1.82) is 0 Å². The van der Waals surface area contributed by atoms with Crippen molar-refractivity contribution in [2.75, 3.05) is 7.05 Å². The van der Waals surface area contributed by atoms with Gasteiger partial charge in [-0.1, -0.05) is 66.7 Å². The highest BCUT2D eigenvalue weighted by atomic mass is 19.2. The number of hydrogen-bond donors (Lipinski definition) is 0. The monoisotopic (exact) mass is 446 g/mol. The standard InChI is InChI=1S/C27H24F2N2O2/c1-18(21-13-14-22(28)23(29)17-21)31(2)25(32)16-15-24-30-26(19-9-5-3-6-10-19)27(33-24)20-11-7-4-8-12-20/h3-14,17-18H,15-16H2,1-2H3/t18-/m1/s1. The number of carbonyl (C=O) groups is 1. The minimum Gasteiger partial charge on any atom is -0.440 e. The fraction of sp³-hybridized carbons (Fsp3) is 0.185. The molecule has 4 aromatic rings. The molecule has 0 aliphatic rings. The summed E-state index contributed by atoms with van der Waals surface area (Å²) >= 11 is 0. The summed E-state index contributed by atoms with van der Waals surface area (Å²) < 4.78 is 32.9. The Bertz CT molecular complexity index is 1180. The lowest BCUT2D eigenvalue weighted by Gasteiger charge is -2.25. The molecule has 0 unspecified atom stereocenters. The van der Waals surface area contributed by atoms with Crippen LogP contribution in [0.4, 0.5) is 8.78 Å². The highest BCUT2D eigenvalue weighted by molar-refractivity contribution is 5.78. The van der Waals surface area contributed by atoms with Crippen LogP contribution in [-0.2, 0) is 11.2 Å². The number of hydrogen-bond acceptors (Lipinski definition) is 3. The van der Waals surface area contributed by atoms with Gasteiger partial charge in [-0.2, -0.15) is 0 Å². The first-order valence-corrected chi connectivity index (χ1v) is 10.7. The number of aryl methyl sites for hydroxylation is 1. The van der Waals surface area contributed by atoms with Crippen LogP contribution in [-0.4, -0.2) is 22.8 Å². The molecule has 0 saturated carbocycles. The van der Waals surface area contributed by atoms with E-state index in [9.17, 15) is 13.6 Å². The molecule has 33 heavy (non-hydrogen) atoms. The summed E-state index contributed by atoms with van der Waals surface area (Å²) in [6.45, 7) is 1.77. The average molecular weight is 446 g/mol. The number of amides is 1. The molecule has 4 rings (SSSR count). The molecule has 168 valence electrons. The summed E-state index contributed by atoms with van der Waals surface area (Å²) in [5, 5.41) is 0. The second-order valence-electron chi connectivity index (χ2n) is 7.87. The van der Waals surface area contributed by atoms with Crippen LogP contribution in [0.5, 0.6) is 0 Å². The number of carbonyl (C=O) groups excluding carboxylic acids is 1. The Kier molecular flexibility index (Phi) is 6.63. The van der Waals surface area contributed by atoms with Gasteiger partial charge in [-0.05, 0) is 24.6 Å². The van der Waals surface area contributed by atoms with E-state index >= 15 is 0 Å². The highest BCUT2D eigenvalue weighted by Crippen LogP contribution is 2.33. The van der Waals surface area contributed by atoms with Crippen LogP contribution in [0.2, 0.25) is 0 Å². The van der Waals surface area contributed by atoms with Gasteiger partial charge in [-0.25, -0.2) is 13.8 Å². The van der Waals surface area contributed by atoms with Crippen molar-refractivity contribution in [3.63, 3.8) is 0 Å². The van der Waals surface area contributed by atoms with Crippen molar-refractivity contribution in [3.8, 4) is 22.6 Å². The summed E-state index contributed by atoms with van der Waals surface area (Å²) in [5.41, 5.74) is 3.10. The second kappa shape index (κ2) is 9.77. The normalized spacial score (nSPS) is 11.9. The molecule has 0 N–H and O–H groups in total. The van der Waals surface area contributed by atoms with Crippen molar-refractivity contribution in [2.45, 2.75) is 25.8 Å². The Balaban J connectivity index is 1.51. The lowest BCUT2D eigenvalue weighted by Crippen LogP contribution is -2.30. The maximum atomic E-state index is 13.6. The predicted octanol–water partition coefficient (Wildman–Crippen LogP) is 6.44. The third kappa shape index (κ3) is 5.00. The Hall–Kier alpha value is -3.80. The molecular formula is C27H24F2N2O2. The summed E-state index contributed by atoms with van der Waals surface area (Å²) in [7, 11) is 1.65. The molecule has 1 heterocycles. The summed E-state index contributed by atoms with van der Waals surface area (Å²) in [6, 6.07) is 22.8. The summed E-state index contributed by atoms with van der Waals surface area (Å²) in [5.74, 6) is -0.857. The van der Waals surface area contributed by atoms with Gasteiger partial charge in [0.2, 0.25) is 5.91 Å². The van der Waals surface area contributed by atoms with Gasteiger partial charge >= 0.3 is 0 Å². The van der Waals surface area contributed by atoms with Crippen molar-refractivity contribution in [1.82, 2.24) is 9.88 Å². The Morgan fingerprint density at radius 2 is 1.58 bits per heavy atom. The number of benzene rings is 3. The molecule has 6 heteroatoms. The van der Waals surface area contributed by atoms with Crippen LogP contribution >= 0.6 is 0 Å². The van der Waals surface area contributed by atoms with Crippen LogP contribution in [0.1, 0.15) is 30.8 Å². The molecule has 4 nitrogen and oxygen atoms in total. The topological polar surface area (TPSA) is 46.3 Å². The molecule has 0 fully saturated rings. The van der Waals surface area contributed by atoms with Crippen LogP contribution < -0.4 is 0 Å². The van der Waals surface area contributed by atoms with Gasteiger partial charge in [-0.3, -0.25) is 4.79 Å². The van der Waals surface area contributed by atoms with E-state index in [2.05, 4.69) is 4.98 Å². The molecule has 0 saturated heterocycles. The quantitative estimate of drug-likeness (QED) is 0.328. The van der Waals surface area contributed by atoms with Crippen molar-refractivity contribution in [3.05, 3.63) is 102 Å². The van der Waals surface area contributed by atoms with Gasteiger partial charge in [-0.15, -0.1) is 0 Å². The van der Waals surface area contributed by atoms with Crippen LogP contribution in [0.3, 0.4) is 0 Å². The van der Waals surface area contributed by atoms with E-state index in [1.165, 1.54) is 11.0 Å². The number of aromatic nitrogens is 1. The molecule has 0 aliphatic heterocycles. The molecule has 0 bridgehead atoms. The molecular weight excluding hydrogens is 422 g/mol. The van der Waals surface area contributed by atoms with Crippen molar-refractivity contribution >= 4 is 5.91 Å². The van der Waals surface area contributed by atoms with E-state index in [4.69, 9.17) is 4.42 Å². The van der Waals surface area contributed by atoms with Gasteiger partial charge in [0.05, 0.1) is 6.04 Å². The molecule has 1 aromatic heterocycles. The molecule has 1 amide bonds. The van der Waals surface area contributed by atoms with Crippen LogP contribution in [0.15, 0.2) is 83.3 Å². The number of halogens is 2. The number of oxazole rings is 1. The summed E-state index contributed by atoms with van der Waals surface area (Å²) in [6.07, 6.45) is 0.494. The van der Waals surface area contributed by atoms with Gasteiger partial charge < -0.3 is 9.32 Å². The maximum Gasteiger partial charge on any atom is 0.223 e. The third-order valence-electron chi connectivity index (χ3n) is 5.71. The molecule has 0 radical (unpaired) electrons. The van der Waals surface area contributed by atoms with Crippen molar-refractivity contribution < 1.29 is 18.0 Å². The zero-order valence-electron chi connectivity index (χ0n) is 18.5. The second-order valence-corrected chi connectivity index (χ2v) is 7.87. The van der Waals surface area contributed by atoms with Gasteiger partial charge in [0.25, 0.3) is 0 Å². The Morgan fingerprint density at radius 3 is 2.21 bits per heavy atom. The molecule has 0 aliphatic carbocycles. The minimum atomic E-state index is -0.929. The molecule has 3 aromatic carbocycles. The highest BCUT2D eigenvalue weighted by Gasteiger charge is 2.21. The number of nitrogens with zero attached hydrogens (tertiary/aromatic N) is 2. The third-order valence-corrected chi connectivity index (χ3v) is 5.71. The van der Waals surface area contributed by atoms with Crippen LogP contribution in [0.25, 0.3) is 22.6 Å². The van der Waals surface area contributed by atoms with E-state index in [0.29, 0.717) is 23.6 Å². The fourth-order valence-corrected chi connectivity index (χ4v) is 3.65. The van der Waals surface area contributed by atoms with E-state index in [1.807, 2.05) is 60.7 Å². The fourth-order valence-electron chi connectivity index (χ4n) is 3.65. The zero-order valence-corrected chi connectivity index (χ0v) is 18.5. The Labute approximate surface area is 191 Å². The van der Waals surface area contributed by atoms with Gasteiger partial charge in [0.1, 0.15) is 5.69 Å². The first kappa shape index (κ1) is 22.4. The SMILES string of the molecule is C[C@H](c1ccc(F)c(F)c1)N(C)C(=O)CCc1nc(-c2ccccc2)c(-c2ccccc2)o1. The van der Waals surface area contributed by atoms with Gasteiger partial charge in [0, 0.05) is 31.0 Å². The Morgan fingerprint density at radius 1 is 0.939 bits per heavy atom. The van der Waals surface area contributed by atoms with E-state index in [-0.39, 0.29) is 12.3 Å². The lowest BCUT2D eigenvalue weighted by atomic mass is 10.1. The minimum absolute atomic E-state index is 0.145. The maximum absolute atomic E-state index is 13.6. The van der Waals surface area contributed by atoms with E-state index in [0.717, 1.165) is 29.0 Å². The van der Waals surface area contributed by atoms with Crippen molar-refractivity contribution in [2.24, 2.45) is 0 Å². The van der Waals surface area contributed by atoms with Gasteiger partial charge in [0.15, 0.2) is 23.3 Å². The van der Waals surface area contributed by atoms with E-state index < -0.39 is 17.7 Å². The van der Waals surface area contributed by atoms with Crippen LogP contribution in [0, 0.1) is 11.6 Å². The largest absolute Gasteiger partial charge is 0.440 e.